The van der Waals surface area contributed by atoms with Crippen molar-refractivity contribution < 1.29 is 9.59 Å². The zero-order valence-electron chi connectivity index (χ0n) is 13.2. The highest BCUT2D eigenvalue weighted by Gasteiger charge is 2.36. The lowest BCUT2D eigenvalue weighted by molar-refractivity contribution is -0.117. The number of hydrogen-bond acceptors (Lipinski definition) is 6. The molecule has 0 saturated carbocycles. The molecule has 0 unspecified atom stereocenters. The van der Waals surface area contributed by atoms with Crippen LogP contribution < -0.4 is 15.5 Å². The summed E-state index contributed by atoms with van der Waals surface area (Å²) in [5.41, 5.74) is 2.16. The number of nitrogens with one attached hydrogen (secondary N) is 2. The second kappa shape index (κ2) is 5.86. The highest BCUT2D eigenvalue weighted by Crippen LogP contribution is 2.37. The van der Waals surface area contributed by atoms with Gasteiger partial charge in [-0.3, -0.25) is 14.9 Å². The van der Waals surface area contributed by atoms with E-state index in [-0.39, 0.29) is 17.9 Å². The van der Waals surface area contributed by atoms with Crippen LogP contribution in [-0.4, -0.2) is 34.6 Å². The van der Waals surface area contributed by atoms with Crippen molar-refractivity contribution in [2.75, 3.05) is 22.1 Å². The fraction of sp³-hybridized carbons (Fsp3) is 0.375. The first-order valence-electron chi connectivity index (χ1n) is 8.01. The summed E-state index contributed by atoms with van der Waals surface area (Å²) in [7, 11) is 0. The molecule has 3 heterocycles. The Morgan fingerprint density at radius 3 is 3.12 bits per heavy atom. The molecule has 1 aromatic heterocycles. The van der Waals surface area contributed by atoms with Gasteiger partial charge in [0.25, 0.3) is 5.91 Å². The fourth-order valence-electron chi connectivity index (χ4n) is 3.19. The van der Waals surface area contributed by atoms with Gasteiger partial charge >= 0.3 is 0 Å². The summed E-state index contributed by atoms with van der Waals surface area (Å²) in [5, 5.41) is 15.0. The lowest BCUT2D eigenvalue weighted by Gasteiger charge is -2.33. The van der Waals surface area contributed by atoms with Crippen molar-refractivity contribution in [3.63, 3.8) is 0 Å². The molecule has 4 rings (SSSR count). The lowest BCUT2D eigenvalue weighted by Crippen LogP contribution is -2.43. The van der Waals surface area contributed by atoms with Crippen LogP contribution in [0.1, 0.15) is 35.1 Å². The maximum atomic E-state index is 12.4. The third kappa shape index (κ3) is 2.52. The third-order valence-corrected chi connectivity index (χ3v) is 5.35. The summed E-state index contributed by atoms with van der Waals surface area (Å²) >= 11 is 1.37. The largest absolute Gasteiger partial charge is 0.358 e. The summed E-state index contributed by atoms with van der Waals surface area (Å²) < 4.78 is 0. The molecule has 2 amide bonds. The van der Waals surface area contributed by atoms with Crippen molar-refractivity contribution in [3.05, 3.63) is 28.8 Å². The van der Waals surface area contributed by atoms with Gasteiger partial charge in [-0.15, -0.1) is 10.2 Å². The number of anilines is 3. The number of carbonyl (C=O) groups excluding carboxylic acids is 2. The normalized spacial score (nSPS) is 18.8. The summed E-state index contributed by atoms with van der Waals surface area (Å²) in [6.07, 6.45) is 2.68. The predicted octanol–water partition coefficient (Wildman–Crippen LogP) is 2.27. The van der Waals surface area contributed by atoms with Gasteiger partial charge < -0.3 is 10.2 Å². The molecular formula is C16H17N5O2S. The molecule has 124 valence electrons. The van der Waals surface area contributed by atoms with Gasteiger partial charge in [-0.25, -0.2) is 0 Å². The average molecular weight is 343 g/mol. The van der Waals surface area contributed by atoms with E-state index >= 15 is 0 Å². The van der Waals surface area contributed by atoms with E-state index in [1.54, 1.807) is 12.1 Å². The molecule has 7 nitrogen and oxygen atoms in total. The number of fused-ring (bicyclic) bond motifs is 3. The molecule has 2 aliphatic heterocycles. The van der Waals surface area contributed by atoms with Crippen LogP contribution in [0.25, 0.3) is 0 Å². The topological polar surface area (TPSA) is 87.2 Å². The second-order valence-corrected chi connectivity index (χ2v) is 6.94. The van der Waals surface area contributed by atoms with Crippen molar-refractivity contribution >= 4 is 39.7 Å². The zero-order chi connectivity index (χ0) is 16.7. The van der Waals surface area contributed by atoms with Crippen LogP contribution in [0.4, 0.5) is 16.5 Å². The molecule has 0 radical (unpaired) electrons. The quantitative estimate of drug-likeness (QED) is 0.893. The van der Waals surface area contributed by atoms with Gasteiger partial charge in [-0.1, -0.05) is 18.3 Å². The van der Waals surface area contributed by atoms with E-state index in [9.17, 15) is 9.59 Å². The number of hydrogen-bond donors (Lipinski definition) is 2. The molecule has 2 aromatic rings. The minimum absolute atomic E-state index is 0.00858. The maximum absolute atomic E-state index is 12.4. The average Bonchev–Trinajstić information content (AvgIpc) is 3.23. The van der Waals surface area contributed by atoms with Gasteiger partial charge in [0, 0.05) is 12.1 Å². The van der Waals surface area contributed by atoms with Crippen LogP contribution in [-0.2, 0) is 11.2 Å². The molecule has 8 heteroatoms. The molecule has 0 spiro atoms. The molecule has 0 bridgehead atoms. The fourth-order valence-corrected chi connectivity index (χ4v) is 3.86. The van der Waals surface area contributed by atoms with E-state index in [4.69, 9.17) is 0 Å². The van der Waals surface area contributed by atoms with Crippen LogP contribution in [0.15, 0.2) is 18.2 Å². The molecule has 1 atom stereocenters. The SMILES string of the molecule is CCc1nnc(NC(=O)c2ccc3c(c2)NC(=O)[C@H]2CCCN32)s1. The number of aromatic nitrogens is 2. The Bertz CT molecular complexity index is 819. The lowest BCUT2D eigenvalue weighted by atomic mass is 10.1. The monoisotopic (exact) mass is 343 g/mol. The molecule has 2 aliphatic rings. The summed E-state index contributed by atoms with van der Waals surface area (Å²) in [4.78, 5) is 26.7. The predicted molar refractivity (Wildman–Crippen MR) is 92.7 cm³/mol. The minimum Gasteiger partial charge on any atom is -0.358 e. The van der Waals surface area contributed by atoms with Crippen LogP contribution in [0.2, 0.25) is 0 Å². The number of rotatable bonds is 3. The standard InChI is InChI=1S/C16H17N5O2S/c1-2-13-19-20-16(24-13)18-14(22)9-5-6-11-10(8-9)17-15(23)12-4-3-7-21(11)12/h5-6,8,12H,2-4,7H2,1H3,(H,17,23)(H,18,20,22)/t12-/m1/s1. The van der Waals surface area contributed by atoms with Gasteiger partial charge in [0.1, 0.15) is 11.0 Å². The molecule has 1 saturated heterocycles. The first-order valence-corrected chi connectivity index (χ1v) is 8.82. The van der Waals surface area contributed by atoms with Crippen LogP contribution in [0, 0.1) is 0 Å². The Balaban J connectivity index is 1.57. The van der Waals surface area contributed by atoms with Crippen LogP contribution >= 0.6 is 11.3 Å². The Labute approximate surface area is 143 Å². The van der Waals surface area contributed by atoms with E-state index in [2.05, 4.69) is 25.7 Å². The minimum atomic E-state index is -0.255. The molecule has 1 fully saturated rings. The summed E-state index contributed by atoms with van der Waals surface area (Å²) in [6, 6.07) is 5.33. The maximum Gasteiger partial charge on any atom is 0.257 e. The van der Waals surface area contributed by atoms with Crippen molar-refractivity contribution in [1.82, 2.24) is 10.2 Å². The Kier molecular flexibility index (Phi) is 3.68. The highest BCUT2D eigenvalue weighted by atomic mass is 32.1. The number of aryl methyl sites for hydroxylation is 1. The molecule has 2 N–H and O–H groups in total. The Hall–Kier alpha value is -2.48. The first-order chi connectivity index (χ1) is 11.7. The van der Waals surface area contributed by atoms with Crippen LogP contribution in [0.3, 0.4) is 0 Å². The highest BCUT2D eigenvalue weighted by molar-refractivity contribution is 7.15. The second-order valence-electron chi connectivity index (χ2n) is 5.88. The molecule has 24 heavy (non-hydrogen) atoms. The van der Waals surface area contributed by atoms with E-state index in [0.29, 0.717) is 16.4 Å². The molecule has 1 aromatic carbocycles. The summed E-state index contributed by atoms with van der Waals surface area (Å²) in [6.45, 7) is 2.87. The van der Waals surface area contributed by atoms with Crippen molar-refractivity contribution in [1.29, 1.82) is 0 Å². The number of nitrogens with zero attached hydrogens (tertiary/aromatic N) is 3. The Morgan fingerprint density at radius 2 is 2.33 bits per heavy atom. The van der Waals surface area contributed by atoms with Gasteiger partial charge in [0.2, 0.25) is 11.0 Å². The summed E-state index contributed by atoms with van der Waals surface area (Å²) in [5.74, 6) is -0.247. The van der Waals surface area contributed by atoms with Crippen LogP contribution in [0.5, 0.6) is 0 Å². The number of benzene rings is 1. The van der Waals surface area contributed by atoms with E-state index in [1.807, 2.05) is 13.0 Å². The van der Waals surface area contributed by atoms with E-state index < -0.39 is 0 Å². The van der Waals surface area contributed by atoms with E-state index in [0.717, 1.165) is 36.5 Å². The zero-order valence-corrected chi connectivity index (χ0v) is 14.0. The van der Waals surface area contributed by atoms with Crippen molar-refractivity contribution in [2.45, 2.75) is 32.2 Å². The van der Waals surface area contributed by atoms with Gasteiger partial charge in [0.05, 0.1) is 11.4 Å². The smallest absolute Gasteiger partial charge is 0.257 e. The van der Waals surface area contributed by atoms with E-state index in [1.165, 1.54) is 11.3 Å². The van der Waals surface area contributed by atoms with Gasteiger partial charge in [-0.05, 0) is 37.5 Å². The number of amides is 2. The molecule has 0 aliphatic carbocycles. The van der Waals surface area contributed by atoms with Gasteiger partial charge in [0.15, 0.2) is 0 Å². The first kappa shape index (κ1) is 15.1. The van der Waals surface area contributed by atoms with Crippen molar-refractivity contribution in [3.8, 4) is 0 Å². The van der Waals surface area contributed by atoms with Gasteiger partial charge in [-0.2, -0.15) is 0 Å². The molecular weight excluding hydrogens is 326 g/mol. The number of carbonyl (C=O) groups is 2. The third-order valence-electron chi connectivity index (χ3n) is 4.37. The van der Waals surface area contributed by atoms with Crippen molar-refractivity contribution in [2.24, 2.45) is 0 Å². The Morgan fingerprint density at radius 1 is 1.46 bits per heavy atom.